The van der Waals surface area contributed by atoms with Crippen LogP contribution in [0.15, 0.2) is 0 Å². The van der Waals surface area contributed by atoms with Crippen molar-refractivity contribution in [3.8, 4) is 0 Å². The van der Waals surface area contributed by atoms with Gasteiger partial charge in [0.1, 0.15) is 0 Å². The molecule has 5 heavy (non-hydrogen) atoms. The van der Waals surface area contributed by atoms with Crippen LogP contribution in [0, 0.1) is 0 Å². The van der Waals surface area contributed by atoms with Gasteiger partial charge in [-0.1, -0.05) is 0 Å². The zero-order valence-corrected chi connectivity index (χ0v) is 2.31. The van der Waals surface area contributed by atoms with Gasteiger partial charge in [0.05, 0.1) is 13.2 Å². The molecule has 0 atom stereocenters. The SMILES string of the molecule is OCCO.[CsH]. The molecular formula is C2H7CsO2. The average Bonchev–Trinajstić information content (AvgIpc) is 1.37. The zero-order chi connectivity index (χ0) is 3.41. The van der Waals surface area contributed by atoms with Gasteiger partial charge in [-0.3, -0.25) is 0 Å². The molecule has 0 amide bonds. The maximum absolute atomic E-state index is 7.62. The van der Waals surface area contributed by atoms with Crippen LogP contribution in [0.3, 0.4) is 0 Å². The number of rotatable bonds is 1. The standard InChI is InChI=1S/C2H6O2.Cs.H/c3-1-2-4;;/h3-4H,1-2H2;;. The molecule has 0 saturated heterocycles. The molecule has 0 aromatic heterocycles. The molecule has 2 N–H and O–H groups in total. The number of aliphatic hydroxyl groups excluding tert-OH is 2. The molecule has 0 heterocycles. The molecule has 0 radical (unpaired) electrons. The maximum atomic E-state index is 7.62. The van der Waals surface area contributed by atoms with E-state index in [1.165, 1.54) is 0 Å². The summed E-state index contributed by atoms with van der Waals surface area (Å²) in [5.41, 5.74) is 0. The van der Waals surface area contributed by atoms with Gasteiger partial charge in [-0.25, -0.2) is 0 Å². The van der Waals surface area contributed by atoms with Crippen LogP contribution in [0.4, 0.5) is 0 Å². The Kier molecular flexibility index (Phi) is 18.8. The Morgan fingerprint density at radius 2 is 1.20 bits per heavy atom. The zero-order valence-electron chi connectivity index (χ0n) is 2.31. The summed E-state index contributed by atoms with van der Waals surface area (Å²) >= 11 is 0. The Labute approximate surface area is 90.0 Å². The third-order valence-electron chi connectivity index (χ3n) is 0.1000. The van der Waals surface area contributed by atoms with Crippen LogP contribution in [-0.2, 0) is 0 Å². The molecule has 0 aliphatic carbocycles. The van der Waals surface area contributed by atoms with Gasteiger partial charge in [0.25, 0.3) is 0 Å². The van der Waals surface area contributed by atoms with Crippen LogP contribution < -0.4 is 0 Å². The van der Waals surface area contributed by atoms with E-state index < -0.39 is 0 Å². The van der Waals surface area contributed by atoms with Crippen LogP contribution in [0.1, 0.15) is 0 Å². The molecule has 0 spiro atoms. The van der Waals surface area contributed by atoms with Gasteiger partial charge in [0, 0.05) is 0 Å². The quantitative estimate of drug-likeness (QED) is 0.526. The van der Waals surface area contributed by atoms with E-state index in [1.807, 2.05) is 0 Å². The van der Waals surface area contributed by atoms with Crippen molar-refractivity contribution < 1.29 is 10.2 Å². The fraction of sp³-hybridized carbons (Fsp3) is 1.00. The van der Waals surface area contributed by atoms with Gasteiger partial charge >= 0.3 is 68.9 Å². The molecule has 28 valence electrons. The Morgan fingerprint density at radius 3 is 1.20 bits per heavy atom. The van der Waals surface area contributed by atoms with Crippen LogP contribution in [0.25, 0.3) is 0 Å². The second-order valence-corrected chi connectivity index (χ2v) is 0.447. The summed E-state index contributed by atoms with van der Waals surface area (Å²) in [6.45, 7) is -0.250. The van der Waals surface area contributed by atoms with Crippen molar-refractivity contribution in [1.82, 2.24) is 0 Å². The molecule has 0 fully saturated rings. The van der Waals surface area contributed by atoms with Gasteiger partial charge in [0.2, 0.25) is 0 Å². The molecule has 0 aromatic carbocycles. The van der Waals surface area contributed by atoms with Gasteiger partial charge in [-0.15, -0.1) is 0 Å². The summed E-state index contributed by atoms with van der Waals surface area (Å²) in [5, 5.41) is 15.2. The topological polar surface area (TPSA) is 40.5 Å². The van der Waals surface area contributed by atoms with Crippen molar-refractivity contribution in [2.24, 2.45) is 0 Å². The second kappa shape index (κ2) is 9.36. The van der Waals surface area contributed by atoms with Crippen molar-refractivity contribution in [3.05, 3.63) is 0 Å². The summed E-state index contributed by atoms with van der Waals surface area (Å²) in [4.78, 5) is 0. The molecule has 2 nitrogen and oxygen atoms in total. The van der Waals surface area contributed by atoms with E-state index in [0.29, 0.717) is 0 Å². The van der Waals surface area contributed by atoms with Crippen LogP contribution in [0.5, 0.6) is 0 Å². The Morgan fingerprint density at radius 1 is 1.00 bits per heavy atom. The van der Waals surface area contributed by atoms with Gasteiger partial charge in [-0.2, -0.15) is 0 Å². The van der Waals surface area contributed by atoms with Crippen molar-refractivity contribution >= 4 is 68.9 Å². The van der Waals surface area contributed by atoms with Crippen LogP contribution in [0.2, 0.25) is 0 Å². The second-order valence-electron chi connectivity index (χ2n) is 0.447. The normalized spacial score (nSPS) is 6.00. The van der Waals surface area contributed by atoms with Gasteiger partial charge < -0.3 is 10.2 Å². The fourth-order valence-corrected chi connectivity index (χ4v) is 0. The first-order chi connectivity index (χ1) is 1.91. The van der Waals surface area contributed by atoms with E-state index in [9.17, 15) is 0 Å². The van der Waals surface area contributed by atoms with Crippen LogP contribution >= 0.6 is 0 Å². The first-order valence-electron chi connectivity index (χ1n) is 1.13. The van der Waals surface area contributed by atoms with E-state index in [1.54, 1.807) is 0 Å². The summed E-state index contributed by atoms with van der Waals surface area (Å²) in [7, 11) is 0. The minimum atomic E-state index is -0.125. The number of hydrogen-bond acceptors (Lipinski definition) is 2. The predicted octanol–water partition coefficient (Wildman–Crippen LogP) is -1.68. The molecule has 0 unspecified atom stereocenters. The van der Waals surface area contributed by atoms with Crippen molar-refractivity contribution in [2.45, 2.75) is 0 Å². The van der Waals surface area contributed by atoms with Crippen molar-refractivity contribution in [3.63, 3.8) is 0 Å². The van der Waals surface area contributed by atoms with E-state index in [-0.39, 0.29) is 82.1 Å². The van der Waals surface area contributed by atoms with Gasteiger partial charge in [0.15, 0.2) is 0 Å². The molecule has 0 saturated carbocycles. The minimum absolute atomic E-state index is 0. The number of hydrogen-bond donors (Lipinski definition) is 2. The van der Waals surface area contributed by atoms with Crippen molar-refractivity contribution in [1.29, 1.82) is 0 Å². The Hall–Kier alpha value is 1.97. The monoisotopic (exact) mass is 196 g/mol. The third-order valence-corrected chi connectivity index (χ3v) is 0.1000. The molecular weight excluding hydrogens is 189 g/mol. The summed E-state index contributed by atoms with van der Waals surface area (Å²) in [6.07, 6.45) is 0. The Balaban J connectivity index is 0. The third kappa shape index (κ3) is 10.7. The van der Waals surface area contributed by atoms with Gasteiger partial charge in [-0.05, 0) is 0 Å². The van der Waals surface area contributed by atoms with E-state index >= 15 is 0 Å². The average molecular weight is 196 g/mol. The molecule has 0 aliphatic rings. The van der Waals surface area contributed by atoms with Crippen LogP contribution in [-0.4, -0.2) is 92.3 Å². The predicted molar refractivity (Wildman–Crippen MR) is 21.3 cm³/mol. The molecule has 0 bridgehead atoms. The molecule has 0 rings (SSSR count). The number of aliphatic hydroxyl groups is 2. The summed E-state index contributed by atoms with van der Waals surface area (Å²) in [5.74, 6) is 0. The van der Waals surface area contributed by atoms with E-state index in [2.05, 4.69) is 0 Å². The van der Waals surface area contributed by atoms with E-state index in [4.69, 9.17) is 10.2 Å². The molecule has 3 heteroatoms. The first-order valence-corrected chi connectivity index (χ1v) is 1.13. The summed E-state index contributed by atoms with van der Waals surface area (Å²) < 4.78 is 0. The molecule has 0 aromatic rings. The molecule has 0 aliphatic heterocycles. The fourth-order valence-electron chi connectivity index (χ4n) is 0. The van der Waals surface area contributed by atoms with Crippen molar-refractivity contribution in [2.75, 3.05) is 13.2 Å². The van der Waals surface area contributed by atoms with E-state index in [0.717, 1.165) is 0 Å². The Bertz CT molecular complexity index is 9.61. The first kappa shape index (κ1) is 10.1. The summed E-state index contributed by atoms with van der Waals surface area (Å²) in [6, 6.07) is 0.